The van der Waals surface area contributed by atoms with Crippen LogP contribution in [0.15, 0.2) is 10.9 Å². The zero-order valence-electron chi connectivity index (χ0n) is 12.1. The van der Waals surface area contributed by atoms with Crippen LogP contribution >= 0.6 is 11.3 Å². The van der Waals surface area contributed by atoms with E-state index in [1.807, 2.05) is 15.8 Å². The second-order valence-corrected chi connectivity index (χ2v) is 6.68. The highest BCUT2D eigenvalue weighted by molar-refractivity contribution is 7.07. The first-order valence-electron chi connectivity index (χ1n) is 7.67. The molecule has 2 amide bonds. The molecule has 6 heteroatoms. The first-order valence-corrected chi connectivity index (χ1v) is 8.61. The lowest BCUT2D eigenvalue weighted by Gasteiger charge is -2.38. The summed E-state index contributed by atoms with van der Waals surface area (Å²) < 4.78 is 0. The SMILES string of the molecule is O=C1CCN(CCc2cscn2)C(=O)C2(CCCCC2)N1. The number of hydrogen-bond donors (Lipinski definition) is 1. The molecule has 3 rings (SSSR count). The Morgan fingerprint density at radius 3 is 2.81 bits per heavy atom. The topological polar surface area (TPSA) is 62.3 Å². The second-order valence-electron chi connectivity index (χ2n) is 5.96. The first-order chi connectivity index (χ1) is 10.2. The predicted molar refractivity (Wildman–Crippen MR) is 81.0 cm³/mol. The van der Waals surface area contributed by atoms with Crippen molar-refractivity contribution in [1.82, 2.24) is 15.2 Å². The predicted octanol–water partition coefficient (Wildman–Crippen LogP) is 1.74. The lowest BCUT2D eigenvalue weighted by atomic mass is 9.80. The maximum atomic E-state index is 12.9. The minimum absolute atomic E-state index is 0.0152. The van der Waals surface area contributed by atoms with Crippen molar-refractivity contribution in [2.75, 3.05) is 13.1 Å². The molecule has 1 saturated carbocycles. The minimum Gasteiger partial charge on any atom is -0.342 e. The van der Waals surface area contributed by atoms with Gasteiger partial charge in [-0.25, -0.2) is 4.98 Å². The lowest BCUT2D eigenvalue weighted by molar-refractivity contribution is -0.140. The number of hydrogen-bond acceptors (Lipinski definition) is 4. The van der Waals surface area contributed by atoms with E-state index in [1.54, 1.807) is 11.3 Å². The zero-order valence-corrected chi connectivity index (χ0v) is 13.0. The second kappa shape index (κ2) is 6.13. The Bertz CT molecular complexity index is 509. The number of amides is 2. The van der Waals surface area contributed by atoms with Gasteiger partial charge in [-0.15, -0.1) is 11.3 Å². The summed E-state index contributed by atoms with van der Waals surface area (Å²) in [5, 5.41) is 5.04. The largest absolute Gasteiger partial charge is 0.342 e. The zero-order chi connectivity index (χ0) is 14.7. The fraction of sp³-hybridized carbons (Fsp3) is 0.667. The van der Waals surface area contributed by atoms with Gasteiger partial charge in [-0.05, 0) is 12.8 Å². The number of rotatable bonds is 3. The highest BCUT2D eigenvalue weighted by Gasteiger charge is 2.44. The molecular weight excluding hydrogens is 286 g/mol. The van der Waals surface area contributed by atoms with Gasteiger partial charge in [0.1, 0.15) is 5.54 Å². The summed E-state index contributed by atoms with van der Waals surface area (Å²) in [7, 11) is 0. The fourth-order valence-electron chi connectivity index (χ4n) is 3.34. The molecule has 1 aliphatic carbocycles. The van der Waals surface area contributed by atoms with Gasteiger partial charge in [0, 0.05) is 31.3 Å². The van der Waals surface area contributed by atoms with Crippen molar-refractivity contribution in [2.45, 2.75) is 50.5 Å². The smallest absolute Gasteiger partial charge is 0.248 e. The van der Waals surface area contributed by atoms with E-state index >= 15 is 0 Å². The quantitative estimate of drug-likeness (QED) is 0.925. The Hall–Kier alpha value is -1.43. The van der Waals surface area contributed by atoms with Crippen LogP contribution < -0.4 is 5.32 Å². The molecule has 0 bridgehead atoms. The van der Waals surface area contributed by atoms with E-state index in [2.05, 4.69) is 10.3 Å². The van der Waals surface area contributed by atoms with Crippen LogP contribution in [0.2, 0.25) is 0 Å². The molecule has 1 saturated heterocycles. The molecule has 1 spiro atoms. The monoisotopic (exact) mass is 307 g/mol. The van der Waals surface area contributed by atoms with Crippen molar-refractivity contribution in [2.24, 2.45) is 0 Å². The molecule has 2 aliphatic rings. The Morgan fingerprint density at radius 1 is 1.29 bits per heavy atom. The van der Waals surface area contributed by atoms with Crippen LogP contribution in [0.5, 0.6) is 0 Å². The Labute approximate surface area is 128 Å². The van der Waals surface area contributed by atoms with Crippen molar-refractivity contribution in [3.63, 3.8) is 0 Å². The van der Waals surface area contributed by atoms with E-state index in [1.165, 1.54) is 0 Å². The van der Waals surface area contributed by atoms with Crippen LogP contribution in [-0.4, -0.2) is 40.3 Å². The normalized spacial score (nSPS) is 22.2. The van der Waals surface area contributed by atoms with Crippen LogP contribution in [0, 0.1) is 0 Å². The summed E-state index contributed by atoms with van der Waals surface area (Å²) in [5.41, 5.74) is 2.20. The molecule has 0 radical (unpaired) electrons. The minimum atomic E-state index is -0.631. The number of carbonyl (C=O) groups excluding carboxylic acids is 2. The Morgan fingerprint density at radius 2 is 2.10 bits per heavy atom. The highest BCUT2D eigenvalue weighted by atomic mass is 32.1. The maximum Gasteiger partial charge on any atom is 0.248 e. The molecular formula is C15H21N3O2S. The molecule has 1 aliphatic heterocycles. The fourth-order valence-corrected chi connectivity index (χ4v) is 3.93. The van der Waals surface area contributed by atoms with Gasteiger partial charge in [0.15, 0.2) is 0 Å². The molecule has 1 aromatic heterocycles. The third kappa shape index (κ3) is 3.10. The maximum absolute atomic E-state index is 12.9. The summed E-state index contributed by atoms with van der Waals surface area (Å²) in [6, 6.07) is 0. The van der Waals surface area contributed by atoms with Crippen molar-refractivity contribution >= 4 is 23.2 Å². The van der Waals surface area contributed by atoms with E-state index in [9.17, 15) is 9.59 Å². The molecule has 2 heterocycles. The van der Waals surface area contributed by atoms with Crippen LogP contribution in [-0.2, 0) is 16.0 Å². The standard InChI is InChI=1S/C15H21N3O2S/c19-13-5-9-18(8-4-12-10-21-11-16-12)14(20)15(17-13)6-2-1-3-7-15/h10-11H,1-9H2,(H,17,19). The Kier molecular flexibility index (Phi) is 4.24. The highest BCUT2D eigenvalue weighted by Crippen LogP contribution is 2.31. The van der Waals surface area contributed by atoms with E-state index < -0.39 is 5.54 Å². The van der Waals surface area contributed by atoms with Crippen molar-refractivity contribution in [3.8, 4) is 0 Å². The van der Waals surface area contributed by atoms with Crippen molar-refractivity contribution < 1.29 is 9.59 Å². The number of carbonyl (C=O) groups is 2. The number of nitrogens with zero attached hydrogens (tertiary/aromatic N) is 2. The van der Waals surface area contributed by atoms with Gasteiger partial charge in [0.2, 0.25) is 11.8 Å². The van der Waals surface area contributed by atoms with Crippen molar-refractivity contribution in [1.29, 1.82) is 0 Å². The van der Waals surface area contributed by atoms with Crippen LogP contribution in [0.3, 0.4) is 0 Å². The summed E-state index contributed by atoms with van der Waals surface area (Å²) in [6.45, 7) is 1.18. The van der Waals surface area contributed by atoms with Gasteiger partial charge < -0.3 is 10.2 Å². The molecule has 2 fully saturated rings. The third-order valence-corrected chi connectivity index (χ3v) is 5.15. The van der Waals surface area contributed by atoms with E-state index in [0.29, 0.717) is 19.5 Å². The molecule has 0 atom stereocenters. The molecule has 5 nitrogen and oxygen atoms in total. The number of thiazole rings is 1. The van der Waals surface area contributed by atoms with Gasteiger partial charge in [-0.3, -0.25) is 9.59 Å². The van der Waals surface area contributed by atoms with E-state index in [4.69, 9.17) is 0 Å². The van der Waals surface area contributed by atoms with Gasteiger partial charge in [-0.2, -0.15) is 0 Å². The van der Waals surface area contributed by atoms with E-state index in [-0.39, 0.29) is 11.8 Å². The lowest BCUT2D eigenvalue weighted by Crippen LogP contribution is -2.58. The Balaban J connectivity index is 1.73. The average molecular weight is 307 g/mol. The van der Waals surface area contributed by atoms with Crippen LogP contribution in [0.4, 0.5) is 0 Å². The number of aromatic nitrogens is 1. The summed E-state index contributed by atoms with van der Waals surface area (Å²) >= 11 is 1.57. The van der Waals surface area contributed by atoms with Gasteiger partial charge in [0.25, 0.3) is 0 Å². The van der Waals surface area contributed by atoms with Crippen LogP contribution in [0.25, 0.3) is 0 Å². The van der Waals surface area contributed by atoms with Crippen LogP contribution in [0.1, 0.15) is 44.2 Å². The molecule has 1 aromatic rings. The van der Waals surface area contributed by atoms with Gasteiger partial charge in [-0.1, -0.05) is 19.3 Å². The molecule has 114 valence electrons. The molecule has 0 unspecified atom stereocenters. The molecule has 21 heavy (non-hydrogen) atoms. The molecule has 1 N–H and O–H groups in total. The van der Waals surface area contributed by atoms with Gasteiger partial charge in [0.05, 0.1) is 11.2 Å². The summed E-state index contributed by atoms with van der Waals surface area (Å²) in [6.07, 6.45) is 5.93. The third-order valence-electron chi connectivity index (χ3n) is 4.51. The average Bonchev–Trinajstić information content (AvgIpc) is 2.97. The summed E-state index contributed by atoms with van der Waals surface area (Å²) in [5.74, 6) is 0.129. The van der Waals surface area contributed by atoms with E-state index in [0.717, 1.165) is 44.2 Å². The van der Waals surface area contributed by atoms with Gasteiger partial charge >= 0.3 is 0 Å². The number of nitrogens with one attached hydrogen (secondary N) is 1. The van der Waals surface area contributed by atoms with Crippen molar-refractivity contribution in [3.05, 3.63) is 16.6 Å². The first kappa shape index (κ1) is 14.5. The molecule has 0 aromatic carbocycles. The summed E-state index contributed by atoms with van der Waals surface area (Å²) in [4.78, 5) is 31.0.